The van der Waals surface area contributed by atoms with Gasteiger partial charge < -0.3 is 15.4 Å². The largest absolute Gasteiger partial charge is 0.381 e. The third kappa shape index (κ3) is 2.96. The molecule has 2 fully saturated rings. The number of carbonyl (C=O) groups is 1. The van der Waals surface area contributed by atoms with Gasteiger partial charge in [0.1, 0.15) is 0 Å². The fourth-order valence-electron chi connectivity index (χ4n) is 2.65. The van der Waals surface area contributed by atoms with Crippen LogP contribution in [0.15, 0.2) is 12.3 Å². The molecule has 6 nitrogen and oxygen atoms in total. The predicted molar refractivity (Wildman–Crippen MR) is 70.9 cm³/mol. The molecule has 0 aromatic carbocycles. The number of anilines is 1. The van der Waals surface area contributed by atoms with Gasteiger partial charge in [-0.3, -0.25) is 9.48 Å². The monoisotopic (exact) mass is 264 g/mol. The van der Waals surface area contributed by atoms with Gasteiger partial charge in [-0.15, -0.1) is 0 Å². The highest BCUT2D eigenvalue weighted by atomic mass is 16.5. The van der Waals surface area contributed by atoms with Crippen molar-refractivity contribution in [3.8, 4) is 0 Å². The Kier molecular flexibility index (Phi) is 3.79. The summed E-state index contributed by atoms with van der Waals surface area (Å²) in [6.45, 7) is 3.28. The molecule has 104 valence electrons. The summed E-state index contributed by atoms with van der Waals surface area (Å²) in [4.78, 5) is 12.0. The third-order valence-corrected chi connectivity index (χ3v) is 3.80. The summed E-state index contributed by atoms with van der Waals surface area (Å²) in [6, 6.07) is 2.27. The Labute approximate surface area is 112 Å². The number of amides is 1. The standard InChI is InChI=1S/C13H20N4O2/c18-13(10-2-1-7-19-9-10)15-12-4-6-17(16-12)11-3-5-14-8-11/h4,6,10-11,14H,1-3,5,7-9H2,(H,15,16,18)/t10-,11+/m0/s1. The highest BCUT2D eigenvalue weighted by Gasteiger charge is 2.23. The Morgan fingerprint density at radius 3 is 3.21 bits per heavy atom. The van der Waals surface area contributed by atoms with Gasteiger partial charge in [-0.05, 0) is 25.8 Å². The van der Waals surface area contributed by atoms with E-state index >= 15 is 0 Å². The number of hydrogen-bond donors (Lipinski definition) is 2. The van der Waals surface area contributed by atoms with Crippen molar-refractivity contribution in [2.24, 2.45) is 5.92 Å². The Bertz CT molecular complexity index is 434. The summed E-state index contributed by atoms with van der Waals surface area (Å²) in [5.74, 6) is 0.629. The topological polar surface area (TPSA) is 68.2 Å². The van der Waals surface area contributed by atoms with Crippen molar-refractivity contribution in [3.63, 3.8) is 0 Å². The summed E-state index contributed by atoms with van der Waals surface area (Å²) in [5.41, 5.74) is 0. The van der Waals surface area contributed by atoms with Crippen LogP contribution < -0.4 is 10.6 Å². The fraction of sp³-hybridized carbons (Fsp3) is 0.692. The molecule has 3 heterocycles. The maximum absolute atomic E-state index is 12.0. The molecule has 0 radical (unpaired) electrons. The second-order valence-electron chi connectivity index (χ2n) is 5.23. The lowest BCUT2D eigenvalue weighted by Crippen LogP contribution is -2.30. The average molecular weight is 264 g/mol. The molecule has 1 aromatic rings. The normalized spacial score (nSPS) is 27.4. The second kappa shape index (κ2) is 5.71. The minimum Gasteiger partial charge on any atom is -0.381 e. The van der Waals surface area contributed by atoms with E-state index in [-0.39, 0.29) is 11.8 Å². The smallest absolute Gasteiger partial charge is 0.231 e. The predicted octanol–water partition coefficient (Wildman–Crippen LogP) is 0.783. The van der Waals surface area contributed by atoms with Crippen LogP contribution in [0.4, 0.5) is 5.82 Å². The first kappa shape index (κ1) is 12.6. The molecule has 0 bridgehead atoms. The van der Waals surface area contributed by atoms with Gasteiger partial charge in [0.25, 0.3) is 0 Å². The van der Waals surface area contributed by atoms with Crippen LogP contribution >= 0.6 is 0 Å². The Balaban J connectivity index is 1.58. The molecule has 0 unspecified atom stereocenters. The summed E-state index contributed by atoms with van der Waals surface area (Å²) >= 11 is 0. The first-order valence-electron chi connectivity index (χ1n) is 6.97. The first-order valence-corrected chi connectivity index (χ1v) is 6.97. The van der Waals surface area contributed by atoms with Crippen LogP contribution in [0.1, 0.15) is 25.3 Å². The first-order chi connectivity index (χ1) is 9.33. The van der Waals surface area contributed by atoms with Gasteiger partial charge in [0.2, 0.25) is 5.91 Å². The molecule has 2 saturated heterocycles. The maximum atomic E-state index is 12.0. The number of aromatic nitrogens is 2. The molecular formula is C13H20N4O2. The zero-order valence-electron chi connectivity index (χ0n) is 11.0. The molecule has 6 heteroatoms. The fourth-order valence-corrected chi connectivity index (χ4v) is 2.65. The van der Waals surface area contributed by atoms with Crippen LogP contribution in [0.25, 0.3) is 0 Å². The van der Waals surface area contributed by atoms with Crippen LogP contribution in [0.2, 0.25) is 0 Å². The zero-order chi connectivity index (χ0) is 13.1. The van der Waals surface area contributed by atoms with Crippen LogP contribution in [0.5, 0.6) is 0 Å². The average Bonchev–Trinajstić information content (AvgIpc) is 3.10. The van der Waals surface area contributed by atoms with E-state index in [0.717, 1.165) is 39.0 Å². The molecule has 0 aliphatic carbocycles. The van der Waals surface area contributed by atoms with Gasteiger partial charge >= 0.3 is 0 Å². The number of nitrogens with one attached hydrogen (secondary N) is 2. The molecule has 0 spiro atoms. The quantitative estimate of drug-likeness (QED) is 0.846. The van der Waals surface area contributed by atoms with Gasteiger partial charge in [0.05, 0.1) is 18.6 Å². The molecule has 2 aliphatic rings. The van der Waals surface area contributed by atoms with Crippen molar-refractivity contribution in [3.05, 3.63) is 12.3 Å². The van der Waals surface area contributed by atoms with E-state index in [9.17, 15) is 4.79 Å². The molecule has 2 N–H and O–H groups in total. The second-order valence-corrected chi connectivity index (χ2v) is 5.23. The highest BCUT2D eigenvalue weighted by Crippen LogP contribution is 2.18. The molecule has 19 heavy (non-hydrogen) atoms. The number of carbonyl (C=O) groups excluding carboxylic acids is 1. The minimum absolute atomic E-state index is 0.0227. The van der Waals surface area contributed by atoms with Gasteiger partial charge in [0, 0.05) is 25.4 Å². The molecule has 1 amide bonds. The minimum atomic E-state index is -0.0351. The zero-order valence-corrected chi connectivity index (χ0v) is 11.0. The lowest BCUT2D eigenvalue weighted by atomic mass is 10.0. The van der Waals surface area contributed by atoms with Crippen LogP contribution in [-0.4, -0.2) is 42.0 Å². The number of rotatable bonds is 3. The van der Waals surface area contributed by atoms with Crippen LogP contribution in [-0.2, 0) is 9.53 Å². The molecule has 2 atom stereocenters. The van der Waals surface area contributed by atoms with Gasteiger partial charge in [-0.1, -0.05) is 0 Å². The van der Waals surface area contributed by atoms with E-state index in [2.05, 4.69) is 15.7 Å². The Morgan fingerprint density at radius 1 is 1.53 bits per heavy atom. The van der Waals surface area contributed by atoms with Crippen molar-refractivity contribution < 1.29 is 9.53 Å². The van der Waals surface area contributed by atoms with E-state index in [1.165, 1.54) is 0 Å². The van der Waals surface area contributed by atoms with Crippen molar-refractivity contribution in [2.75, 3.05) is 31.6 Å². The van der Waals surface area contributed by atoms with Gasteiger partial charge in [-0.2, -0.15) is 5.10 Å². The third-order valence-electron chi connectivity index (χ3n) is 3.80. The molecule has 0 saturated carbocycles. The number of ether oxygens (including phenoxy) is 1. The maximum Gasteiger partial charge on any atom is 0.231 e. The Hall–Kier alpha value is -1.40. The molecule has 2 aliphatic heterocycles. The van der Waals surface area contributed by atoms with Gasteiger partial charge in [0.15, 0.2) is 5.82 Å². The summed E-state index contributed by atoms with van der Waals surface area (Å²) in [6.07, 6.45) is 4.88. The van der Waals surface area contributed by atoms with E-state index in [4.69, 9.17) is 4.74 Å². The Morgan fingerprint density at radius 2 is 2.47 bits per heavy atom. The van der Waals surface area contributed by atoms with E-state index in [0.29, 0.717) is 18.5 Å². The molecule has 1 aromatic heterocycles. The summed E-state index contributed by atoms with van der Waals surface area (Å²) in [5, 5.41) is 10.6. The SMILES string of the molecule is O=C(Nc1ccn([C@@H]2CCNC2)n1)[C@H]1CCCOC1. The van der Waals surface area contributed by atoms with Crippen molar-refractivity contribution in [1.29, 1.82) is 0 Å². The van der Waals surface area contributed by atoms with Crippen molar-refractivity contribution in [1.82, 2.24) is 15.1 Å². The summed E-state index contributed by atoms with van der Waals surface area (Å²) in [7, 11) is 0. The van der Waals surface area contributed by atoms with Crippen molar-refractivity contribution in [2.45, 2.75) is 25.3 Å². The van der Waals surface area contributed by atoms with Crippen LogP contribution in [0, 0.1) is 5.92 Å². The van der Waals surface area contributed by atoms with E-state index in [1.807, 2.05) is 16.9 Å². The lowest BCUT2D eigenvalue weighted by Gasteiger charge is -2.20. The summed E-state index contributed by atoms with van der Waals surface area (Å²) < 4.78 is 7.27. The van der Waals surface area contributed by atoms with E-state index < -0.39 is 0 Å². The van der Waals surface area contributed by atoms with E-state index in [1.54, 1.807) is 0 Å². The lowest BCUT2D eigenvalue weighted by molar-refractivity contribution is -0.123. The number of hydrogen-bond acceptors (Lipinski definition) is 4. The van der Waals surface area contributed by atoms with Gasteiger partial charge in [-0.25, -0.2) is 0 Å². The highest BCUT2D eigenvalue weighted by molar-refractivity contribution is 5.91. The van der Waals surface area contributed by atoms with Crippen LogP contribution in [0.3, 0.4) is 0 Å². The molecule has 3 rings (SSSR count). The molecular weight excluding hydrogens is 244 g/mol. The number of nitrogens with zero attached hydrogens (tertiary/aromatic N) is 2. The van der Waals surface area contributed by atoms with Crippen molar-refractivity contribution >= 4 is 11.7 Å².